The number of pyridine rings is 2. The first-order valence-electron chi connectivity index (χ1n) is 7.44. The molecule has 0 spiro atoms. The summed E-state index contributed by atoms with van der Waals surface area (Å²) in [6.45, 7) is 4.38. The summed E-state index contributed by atoms with van der Waals surface area (Å²) in [5.41, 5.74) is 3.98. The van der Waals surface area contributed by atoms with Crippen molar-refractivity contribution >= 4 is 16.6 Å². The Balaban J connectivity index is 1.98. The van der Waals surface area contributed by atoms with Crippen LogP contribution in [0.2, 0.25) is 0 Å². The van der Waals surface area contributed by atoms with Crippen LogP contribution in [-0.2, 0) is 0 Å². The highest BCUT2D eigenvalue weighted by Crippen LogP contribution is 2.26. The molecule has 4 aromatic rings. The van der Waals surface area contributed by atoms with Gasteiger partial charge in [-0.3, -0.25) is 4.40 Å². The molecule has 4 nitrogen and oxygen atoms in total. The third-order valence-electron chi connectivity index (χ3n) is 3.92. The van der Waals surface area contributed by atoms with Crippen LogP contribution in [0.25, 0.3) is 28.1 Å². The molecule has 4 rings (SSSR count). The average molecular weight is 288 g/mol. The molecule has 0 aliphatic carbocycles. The van der Waals surface area contributed by atoms with Crippen LogP contribution < -0.4 is 0 Å². The Kier molecular flexibility index (Phi) is 2.89. The van der Waals surface area contributed by atoms with Gasteiger partial charge in [0.15, 0.2) is 11.5 Å². The molecule has 0 radical (unpaired) electrons. The highest BCUT2D eigenvalue weighted by atomic mass is 15.2. The number of nitrogens with zero attached hydrogens (tertiary/aromatic N) is 4. The third-order valence-corrected chi connectivity index (χ3v) is 3.92. The average Bonchev–Trinajstić information content (AvgIpc) is 2.97. The van der Waals surface area contributed by atoms with Gasteiger partial charge in [-0.25, -0.2) is 4.98 Å². The van der Waals surface area contributed by atoms with E-state index in [0.29, 0.717) is 5.92 Å². The molecule has 4 heteroatoms. The third kappa shape index (κ3) is 1.96. The van der Waals surface area contributed by atoms with Crippen LogP contribution in [0.5, 0.6) is 0 Å². The van der Waals surface area contributed by atoms with Gasteiger partial charge in [0.25, 0.3) is 0 Å². The maximum Gasteiger partial charge on any atom is 0.187 e. The molecule has 0 aliphatic heterocycles. The van der Waals surface area contributed by atoms with Gasteiger partial charge in [-0.1, -0.05) is 44.2 Å². The monoisotopic (exact) mass is 288 g/mol. The fourth-order valence-electron chi connectivity index (χ4n) is 2.78. The first kappa shape index (κ1) is 13.0. The highest BCUT2D eigenvalue weighted by molar-refractivity contribution is 5.84. The van der Waals surface area contributed by atoms with E-state index in [1.807, 2.05) is 34.9 Å². The van der Waals surface area contributed by atoms with Crippen LogP contribution in [0.4, 0.5) is 0 Å². The minimum Gasteiger partial charge on any atom is -0.281 e. The van der Waals surface area contributed by atoms with Crippen molar-refractivity contribution in [3.63, 3.8) is 0 Å². The quantitative estimate of drug-likeness (QED) is 0.558. The first-order valence-corrected chi connectivity index (χ1v) is 7.44. The summed E-state index contributed by atoms with van der Waals surface area (Å²) in [7, 11) is 0. The molecule has 3 heterocycles. The summed E-state index contributed by atoms with van der Waals surface area (Å²) >= 11 is 0. The van der Waals surface area contributed by atoms with Crippen LogP contribution in [-0.4, -0.2) is 19.6 Å². The molecular weight excluding hydrogens is 272 g/mol. The Labute approximate surface area is 128 Å². The Morgan fingerprint density at radius 2 is 1.82 bits per heavy atom. The minimum absolute atomic E-state index is 0.432. The van der Waals surface area contributed by atoms with Crippen molar-refractivity contribution in [3.05, 3.63) is 60.3 Å². The lowest BCUT2D eigenvalue weighted by Gasteiger charge is -2.10. The van der Waals surface area contributed by atoms with Crippen molar-refractivity contribution in [1.29, 1.82) is 0 Å². The van der Waals surface area contributed by atoms with Crippen molar-refractivity contribution in [2.45, 2.75) is 19.8 Å². The van der Waals surface area contributed by atoms with E-state index in [2.05, 4.69) is 48.3 Å². The molecule has 0 saturated heterocycles. The standard InChI is InChI=1S/C18H16N4/c1-12(2)14-7-5-6-13-9-10-15(19-17(13)14)18-21-20-16-8-3-4-11-22(16)18/h3-12H,1-2H3. The zero-order valence-corrected chi connectivity index (χ0v) is 12.6. The second-order valence-corrected chi connectivity index (χ2v) is 5.72. The van der Waals surface area contributed by atoms with E-state index < -0.39 is 0 Å². The molecule has 22 heavy (non-hydrogen) atoms. The number of hydrogen-bond donors (Lipinski definition) is 0. The van der Waals surface area contributed by atoms with E-state index in [0.717, 1.165) is 28.1 Å². The van der Waals surface area contributed by atoms with Crippen molar-refractivity contribution < 1.29 is 0 Å². The Bertz CT molecular complexity index is 969. The predicted molar refractivity (Wildman–Crippen MR) is 87.8 cm³/mol. The predicted octanol–water partition coefficient (Wildman–Crippen LogP) is 4.07. The fraction of sp³-hybridized carbons (Fsp3) is 0.167. The van der Waals surface area contributed by atoms with E-state index in [1.54, 1.807) is 0 Å². The summed E-state index contributed by atoms with van der Waals surface area (Å²) in [5, 5.41) is 9.66. The van der Waals surface area contributed by atoms with Crippen LogP contribution in [0.1, 0.15) is 25.3 Å². The van der Waals surface area contributed by atoms with Crippen LogP contribution in [0.3, 0.4) is 0 Å². The molecule has 0 aliphatic rings. The van der Waals surface area contributed by atoms with E-state index >= 15 is 0 Å². The van der Waals surface area contributed by atoms with Gasteiger partial charge in [0.05, 0.1) is 5.52 Å². The Hall–Kier alpha value is -2.75. The van der Waals surface area contributed by atoms with E-state index in [9.17, 15) is 0 Å². The summed E-state index contributed by atoms with van der Waals surface area (Å²) in [4.78, 5) is 4.87. The van der Waals surface area contributed by atoms with Gasteiger partial charge in [0.1, 0.15) is 5.69 Å². The number of benzene rings is 1. The maximum absolute atomic E-state index is 4.87. The summed E-state index contributed by atoms with van der Waals surface area (Å²) < 4.78 is 1.96. The molecule has 0 bridgehead atoms. The fourth-order valence-corrected chi connectivity index (χ4v) is 2.78. The lowest BCUT2D eigenvalue weighted by atomic mass is 9.99. The molecule has 0 amide bonds. The van der Waals surface area contributed by atoms with Crippen LogP contribution in [0.15, 0.2) is 54.7 Å². The van der Waals surface area contributed by atoms with Crippen LogP contribution in [0, 0.1) is 0 Å². The maximum atomic E-state index is 4.87. The first-order chi connectivity index (χ1) is 10.7. The second kappa shape index (κ2) is 4.91. The van der Waals surface area contributed by atoms with Gasteiger partial charge < -0.3 is 0 Å². The van der Waals surface area contributed by atoms with Gasteiger partial charge >= 0.3 is 0 Å². The molecular formula is C18H16N4. The zero-order valence-electron chi connectivity index (χ0n) is 12.6. The van der Waals surface area contributed by atoms with Crippen molar-refractivity contribution in [2.24, 2.45) is 0 Å². The largest absolute Gasteiger partial charge is 0.281 e. The molecule has 3 aromatic heterocycles. The number of rotatable bonds is 2. The van der Waals surface area contributed by atoms with Crippen molar-refractivity contribution in [3.8, 4) is 11.5 Å². The lowest BCUT2D eigenvalue weighted by molar-refractivity contribution is 0.873. The molecule has 0 N–H and O–H groups in total. The van der Waals surface area contributed by atoms with Gasteiger partial charge in [0, 0.05) is 11.6 Å². The number of hydrogen-bond acceptors (Lipinski definition) is 3. The summed E-state index contributed by atoms with van der Waals surface area (Å²) in [5.74, 6) is 1.21. The van der Waals surface area contributed by atoms with E-state index in [-0.39, 0.29) is 0 Å². The number of para-hydroxylation sites is 1. The molecule has 0 fully saturated rings. The highest BCUT2D eigenvalue weighted by Gasteiger charge is 2.12. The molecule has 108 valence electrons. The SMILES string of the molecule is CC(C)c1cccc2ccc(-c3nnc4ccccn34)nc12. The number of fused-ring (bicyclic) bond motifs is 2. The van der Waals surface area contributed by atoms with Crippen molar-refractivity contribution in [2.75, 3.05) is 0 Å². The van der Waals surface area contributed by atoms with E-state index in [1.165, 1.54) is 5.56 Å². The smallest absolute Gasteiger partial charge is 0.187 e. The second-order valence-electron chi connectivity index (χ2n) is 5.72. The van der Waals surface area contributed by atoms with Gasteiger partial charge in [-0.15, -0.1) is 10.2 Å². The lowest BCUT2D eigenvalue weighted by Crippen LogP contribution is -1.96. The van der Waals surface area contributed by atoms with Gasteiger partial charge in [-0.05, 0) is 29.7 Å². The molecule has 0 atom stereocenters. The van der Waals surface area contributed by atoms with Gasteiger partial charge in [0.2, 0.25) is 0 Å². The molecule has 1 aromatic carbocycles. The summed E-state index contributed by atoms with van der Waals surface area (Å²) in [6.07, 6.45) is 1.96. The minimum atomic E-state index is 0.432. The Morgan fingerprint density at radius 1 is 0.909 bits per heavy atom. The van der Waals surface area contributed by atoms with Crippen LogP contribution >= 0.6 is 0 Å². The van der Waals surface area contributed by atoms with Gasteiger partial charge in [-0.2, -0.15) is 0 Å². The van der Waals surface area contributed by atoms with Crippen molar-refractivity contribution in [1.82, 2.24) is 19.6 Å². The zero-order chi connectivity index (χ0) is 15.1. The molecule has 0 saturated carbocycles. The topological polar surface area (TPSA) is 43.1 Å². The normalized spacial score (nSPS) is 11.6. The van der Waals surface area contributed by atoms with E-state index in [4.69, 9.17) is 4.98 Å². The summed E-state index contributed by atoms with van der Waals surface area (Å²) in [6, 6.07) is 16.3. The number of aromatic nitrogens is 4. The molecule has 0 unspecified atom stereocenters. The Morgan fingerprint density at radius 3 is 2.68 bits per heavy atom.